The molecule has 5 rings (SSSR count). The Morgan fingerprint density at radius 3 is 2.43 bits per heavy atom. The van der Waals surface area contributed by atoms with E-state index in [1.807, 2.05) is 61.5 Å². The van der Waals surface area contributed by atoms with Crippen LogP contribution in [0, 0.1) is 5.82 Å². The lowest BCUT2D eigenvalue weighted by Gasteiger charge is -2.35. The second kappa shape index (κ2) is 9.42. The fraction of sp³-hybridized carbons (Fsp3) is 0.148. The number of rotatable bonds is 6. The summed E-state index contributed by atoms with van der Waals surface area (Å²) >= 11 is 0. The van der Waals surface area contributed by atoms with Crippen LogP contribution in [-0.4, -0.2) is 28.2 Å². The van der Waals surface area contributed by atoms with Gasteiger partial charge in [0.2, 0.25) is 5.82 Å². The number of benzene rings is 3. The molecule has 4 aromatic rings. The highest BCUT2D eigenvalue weighted by Gasteiger charge is 2.35. The van der Waals surface area contributed by atoms with E-state index in [1.54, 1.807) is 24.1 Å². The molecule has 0 saturated heterocycles. The van der Waals surface area contributed by atoms with Crippen LogP contribution in [0.3, 0.4) is 0 Å². The van der Waals surface area contributed by atoms with Crippen LogP contribution in [0.1, 0.15) is 30.0 Å². The van der Waals surface area contributed by atoms with E-state index in [1.165, 1.54) is 12.1 Å². The number of nitrogens with zero attached hydrogens (tertiary/aromatic N) is 3. The van der Waals surface area contributed by atoms with E-state index in [0.29, 0.717) is 29.2 Å². The third-order valence-corrected chi connectivity index (χ3v) is 5.99. The number of hydrogen-bond acceptors (Lipinski definition) is 5. The summed E-state index contributed by atoms with van der Waals surface area (Å²) in [6.45, 7) is 2.22. The molecule has 8 heteroatoms. The van der Waals surface area contributed by atoms with Crippen molar-refractivity contribution in [2.24, 2.45) is 0 Å². The summed E-state index contributed by atoms with van der Waals surface area (Å²) in [7, 11) is 1.61. The number of amides is 2. The van der Waals surface area contributed by atoms with Gasteiger partial charge in [-0.2, -0.15) is 4.98 Å². The highest BCUT2D eigenvalue weighted by Crippen LogP contribution is 2.37. The Bertz CT molecular complexity index is 1370. The lowest BCUT2D eigenvalue weighted by molar-refractivity contribution is 0.203. The minimum absolute atomic E-state index is 0.228. The first-order chi connectivity index (χ1) is 17.0. The Kier molecular flexibility index (Phi) is 6.01. The van der Waals surface area contributed by atoms with Crippen molar-refractivity contribution >= 4 is 11.6 Å². The van der Waals surface area contributed by atoms with Crippen LogP contribution in [0.5, 0.6) is 5.75 Å². The van der Waals surface area contributed by atoms with Gasteiger partial charge in [0.1, 0.15) is 11.6 Å². The minimum Gasteiger partial charge on any atom is -0.497 e. The third-order valence-electron chi connectivity index (χ3n) is 5.99. The number of carbonyl (C=O) groups excluding carboxylic acids is 1. The smallest absolute Gasteiger partial charge is 0.322 e. The number of ether oxygens (including phenoxy) is 1. The molecule has 1 aliphatic heterocycles. The zero-order chi connectivity index (χ0) is 24.4. The van der Waals surface area contributed by atoms with Crippen molar-refractivity contribution in [1.29, 1.82) is 0 Å². The average Bonchev–Trinajstić information content (AvgIpc) is 3.37. The molecule has 1 aromatic heterocycles. The van der Waals surface area contributed by atoms with Crippen molar-refractivity contribution < 1.29 is 18.4 Å². The molecule has 0 fully saturated rings. The van der Waals surface area contributed by atoms with Crippen LogP contribution in [-0.2, 0) is 6.54 Å². The van der Waals surface area contributed by atoms with Crippen molar-refractivity contribution in [3.63, 3.8) is 0 Å². The quantitative estimate of drug-likeness (QED) is 0.398. The van der Waals surface area contributed by atoms with Crippen LogP contribution in [0.4, 0.5) is 9.18 Å². The molecule has 1 atom stereocenters. The van der Waals surface area contributed by atoms with Gasteiger partial charge in [-0.15, -0.1) is 0 Å². The van der Waals surface area contributed by atoms with Crippen LogP contribution in [0.25, 0.3) is 17.0 Å². The van der Waals surface area contributed by atoms with Gasteiger partial charge in [-0.3, -0.25) is 4.90 Å². The zero-order valence-electron chi connectivity index (χ0n) is 19.2. The van der Waals surface area contributed by atoms with E-state index in [4.69, 9.17) is 9.26 Å². The van der Waals surface area contributed by atoms with Gasteiger partial charge in [0.25, 0.3) is 5.89 Å². The van der Waals surface area contributed by atoms with E-state index >= 15 is 0 Å². The van der Waals surface area contributed by atoms with Crippen molar-refractivity contribution in [3.8, 4) is 17.1 Å². The lowest BCUT2D eigenvalue weighted by atomic mass is 9.94. The molecule has 0 radical (unpaired) electrons. The molecule has 2 amide bonds. The molecule has 3 aromatic carbocycles. The Morgan fingerprint density at radius 1 is 1.03 bits per heavy atom. The monoisotopic (exact) mass is 470 g/mol. The normalized spacial score (nSPS) is 15.8. The highest BCUT2D eigenvalue weighted by molar-refractivity contribution is 5.86. The summed E-state index contributed by atoms with van der Waals surface area (Å²) < 4.78 is 24.3. The number of methoxy groups -OCH3 is 1. The molecule has 1 unspecified atom stereocenters. The summed E-state index contributed by atoms with van der Waals surface area (Å²) in [5.41, 5.74) is 3.86. The molecule has 7 nitrogen and oxygen atoms in total. The summed E-state index contributed by atoms with van der Waals surface area (Å²) in [5, 5.41) is 7.20. The van der Waals surface area contributed by atoms with Gasteiger partial charge in [-0.05, 0) is 54.4 Å². The maximum Gasteiger partial charge on any atom is 0.322 e. The minimum atomic E-state index is -0.475. The van der Waals surface area contributed by atoms with E-state index in [-0.39, 0.29) is 17.7 Å². The predicted molar refractivity (Wildman–Crippen MR) is 129 cm³/mol. The van der Waals surface area contributed by atoms with Crippen LogP contribution in [0.2, 0.25) is 0 Å². The van der Waals surface area contributed by atoms with Gasteiger partial charge in [0, 0.05) is 11.3 Å². The first-order valence-electron chi connectivity index (χ1n) is 11.1. The number of hydrogen-bond donors (Lipinski definition) is 1. The van der Waals surface area contributed by atoms with Crippen LogP contribution in [0.15, 0.2) is 89.1 Å². The van der Waals surface area contributed by atoms with Crippen LogP contribution < -0.4 is 10.1 Å². The molecular formula is C27H23FN4O3. The fourth-order valence-corrected chi connectivity index (χ4v) is 4.11. The molecule has 0 saturated carbocycles. The molecule has 1 aliphatic rings. The highest BCUT2D eigenvalue weighted by atomic mass is 19.1. The maximum absolute atomic E-state index is 13.4. The van der Waals surface area contributed by atoms with Crippen molar-refractivity contribution in [3.05, 3.63) is 107 Å². The number of nitrogens with one attached hydrogen (secondary N) is 1. The second-order valence-electron chi connectivity index (χ2n) is 8.16. The van der Waals surface area contributed by atoms with E-state index in [2.05, 4.69) is 15.5 Å². The predicted octanol–water partition coefficient (Wildman–Crippen LogP) is 5.58. The topological polar surface area (TPSA) is 80.5 Å². The first kappa shape index (κ1) is 22.3. The van der Waals surface area contributed by atoms with Gasteiger partial charge in [-0.25, -0.2) is 9.18 Å². The van der Waals surface area contributed by atoms with Gasteiger partial charge < -0.3 is 14.6 Å². The van der Waals surface area contributed by atoms with Gasteiger partial charge in [0.05, 0.1) is 25.3 Å². The van der Waals surface area contributed by atoms with Gasteiger partial charge in [-0.1, -0.05) is 47.6 Å². The first-order valence-corrected chi connectivity index (χ1v) is 11.1. The fourth-order valence-electron chi connectivity index (χ4n) is 4.11. The van der Waals surface area contributed by atoms with Gasteiger partial charge in [0.15, 0.2) is 0 Å². The molecule has 0 bridgehead atoms. The standard InChI is InChI=1S/C27H23FN4O3/c1-17-23(26-30-25(31-35-26)20-10-12-21(28)13-11-20)24(19-6-4-3-5-7-19)29-27(33)32(17)16-18-8-14-22(34-2)15-9-18/h3-15,24H,16H2,1-2H3,(H,29,33). The van der Waals surface area contributed by atoms with E-state index in [9.17, 15) is 9.18 Å². The lowest BCUT2D eigenvalue weighted by Crippen LogP contribution is -2.45. The summed E-state index contributed by atoms with van der Waals surface area (Å²) in [6.07, 6.45) is 0. The Hall–Kier alpha value is -4.46. The number of halogens is 1. The number of aromatic nitrogens is 2. The van der Waals surface area contributed by atoms with Crippen molar-refractivity contribution in [2.45, 2.75) is 19.5 Å². The van der Waals surface area contributed by atoms with Gasteiger partial charge >= 0.3 is 6.03 Å². The molecule has 176 valence electrons. The van der Waals surface area contributed by atoms with E-state index < -0.39 is 6.04 Å². The zero-order valence-corrected chi connectivity index (χ0v) is 19.2. The average molecular weight is 471 g/mol. The largest absolute Gasteiger partial charge is 0.497 e. The van der Waals surface area contributed by atoms with Crippen molar-refractivity contribution in [2.75, 3.05) is 7.11 Å². The number of carbonyl (C=O) groups is 1. The van der Waals surface area contributed by atoms with Crippen LogP contribution >= 0.6 is 0 Å². The Balaban J connectivity index is 1.56. The number of urea groups is 1. The molecule has 2 heterocycles. The Morgan fingerprint density at radius 2 is 1.74 bits per heavy atom. The Labute approximate surface area is 201 Å². The number of allylic oxidation sites excluding steroid dienone is 1. The molecule has 35 heavy (non-hydrogen) atoms. The maximum atomic E-state index is 13.4. The van der Waals surface area contributed by atoms with E-state index in [0.717, 1.165) is 16.9 Å². The third kappa shape index (κ3) is 4.50. The summed E-state index contributed by atoms with van der Waals surface area (Å²) in [6, 6.07) is 22.4. The summed E-state index contributed by atoms with van der Waals surface area (Å²) in [5.74, 6) is 1.03. The van der Waals surface area contributed by atoms with Crippen molar-refractivity contribution in [1.82, 2.24) is 20.4 Å². The summed E-state index contributed by atoms with van der Waals surface area (Å²) in [4.78, 5) is 19.5. The molecule has 0 aliphatic carbocycles. The molecule has 0 spiro atoms. The second-order valence-corrected chi connectivity index (χ2v) is 8.16. The molecular weight excluding hydrogens is 447 g/mol. The SMILES string of the molecule is COc1ccc(CN2C(=O)NC(c3ccccc3)C(c3nc(-c4ccc(F)cc4)no3)=C2C)cc1. The molecule has 1 N–H and O–H groups in total.